The van der Waals surface area contributed by atoms with Crippen LogP contribution in [0, 0.1) is 0 Å². The van der Waals surface area contributed by atoms with E-state index in [4.69, 9.17) is 23.4 Å². The maximum absolute atomic E-state index is 13.5. The second kappa shape index (κ2) is 14.6. The molecule has 1 saturated heterocycles. The summed E-state index contributed by atoms with van der Waals surface area (Å²) in [4.78, 5) is 40.4. The monoisotopic (exact) mass is 636 g/mol. The summed E-state index contributed by atoms with van der Waals surface area (Å²) in [6.45, 7) is 11.7. The van der Waals surface area contributed by atoms with Gasteiger partial charge in [0.05, 0.1) is 11.1 Å². The SMILES string of the molecule is CC(=O)O[C@H]1[C@H](OC(=O)c2ccccc2)[C@@H](OC(=O)c2ccccc2)[C@H](O[Si](C)(C)C(C)(C)C)O[C@@H]1CSc1ccccc1. The van der Waals surface area contributed by atoms with E-state index in [1.807, 2.05) is 30.3 Å². The lowest BCUT2D eigenvalue weighted by molar-refractivity contribution is -0.273. The summed E-state index contributed by atoms with van der Waals surface area (Å²) < 4.78 is 31.3. The number of hydrogen-bond acceptors (Lipinski definition) is 9. The summed E-state index contributed by atoms with van der Waals surface area (Å²) in [5.41, 5.74) is 0.600. The molecule has 1 heterocycles. The number of carbonyl (C=O) groups is 3. The van der Waals surface area contributed by atoms with Crippen molar-refractivity contribution in [3.8, 4) is 0 Å². The number of rotatable bonds is 10. The number of thioether (sulfide) groups is 1. The largest absolute Gasteiger partial charge is 0.456 e. The molecular formula is C34H40O8SSi. The van der Waals surface area contributed by atoms with Gasteiger partial charge < -0.3 is 23.4 Å². The van der Waals surface area contributed by atoms with E-state index in [-0.39, 0.29) is 5.04 Å². The molecule has 0 unspecified atom stereocenters. The van der Waals surface area contributed by atoms with Gasteiger partial charge in [-0.15, -0.1) is 11.8 Å². The van der Waals surface area contributed by atoms with E-state index >= 15 is 0 Å². The third-order valence-electron chi connectivity index (χ3n) is 7.77. The summed E-state index contributed by atoms with van der Waals surface area (Å²) in [7, 11) is -2.54. The van der Waals surface area contributed by atoms with Gasteiger partial charge in [-0.25, -0.2) is 9.59 Å². The number of carbonyl (C=O) groups excluding carboxylic acids is 3. The Hall–Kier alpha value is -3.44. The van der Waals surface area contributed by atoms with Crippen LogP contribution in [0.25, 0.3) is 0 Å². The normalized spacial score (nSPS) is 22.1. The summed E-state index contributed by atoms with van der Waals surface area (Å²) in [5.74, 6) is -1.55. The van der Waals surface area contributed by atoms with E-state index in [1.54, 1.807) is 60.7 Å². The van der Waals surface area contributed by atoms with Gasteiger partial charge in [0.15, 0.2) is 32.9 Å². The lowest BCUT2D eigenvalue weighted by Gasteiger charge is -2.48. The Balaban J connectivity index is 1.78. The van der Waals surface area contributed by atoms with Crippen LogP contribution in [0.15, 0.2) is 95.9 Å². The van der Waals surface area contributed by atoms with Crippen molar-refractivity contribution in [2.75, 3.05) is 5.75 Å². The average Bonchev–Trinajstić information content (AvgIpc) is 2.99. The van der Waals surface area contributed by atoms with E-state index in [0.29, 0.717) is 16.9 Å². The van der Waals surface area contributed by atoms with Crippen LogP contribution < -0.4 is 0 Å². The molecule has 234 valence electrons. The first-order valence-corrected chi connectivity index (χ1v) is 18.5. The van der Waals surface area contributed by atoms with Gasteiger partial charge in [0.25, 0.3) is 0 Å². The molecule has 0 spiro atoms. The lowest BCUT2D eigenvalue weighted by Crippen LogP contribution is -2.64. The van der Waals surface area contributed by atoms with E-state index < -0.39 is 56.9 Å². The van der Waals surface area contributed by atoms with Crippen LogP contribution in [0.3, 0.4) is 0 Å². The van der Waals surface area contributed by atoms with Crippen LogP contribution in [0.2, 0.25) is 18.1 Å². The fraction of sp³-hybridized carbons (Fsp3) is 0.382. The minimum atomic E-state index is -2.54. The molecule has 4 rings (SSSR count). The number of ether oxygens (including phenoxy) is 4. The summed E-state index contributed by atoms with van der Waals surface area (Å²) >= 11 is 1.50. The zero-order valence-electron chi connectivity index (χ0n) is 25.9. The number of benzene rings is 3. The predicted octanol–water partition coefficient (Wildman–Crippen LogP) is 6.91. The maximum Gasteiger partial charge on any atom is 0.338 e. The van der Waals surface area contributed by atoms with Crippen LogP contribution in [0.5, 0.6) is 0 Å². The molecule has 1 aliphatic rings. The second-order valence-electron chi connectivity index (χ2n) is 12.1. The molecule has 0 amide bonds. The van der Waals surface area contributed by atoms with Gasteiger partial charge in [-0.1, -0.05) is 75.4 Å². The highest BCUT2D eigenvalue weighted by Gasteiger charge is 2.55. The first-order chi connectivity index (χ1) is 20.9. The third kappa shape index (κ3) is 8.59. The first kappa shape index (κ1) is 33.4. The van der Waals surface area contributed by atoms with Gasteiger partial charge in [0.1, 0.15) is 6.10 Å². The highest BCUT2D eigenvalue weighted by atomic mass is 32.2. The predicted molar refractivity (Wildman–Crippen MR) is 171 cm³/mol. The molecule has 3 aromatic rings. The summed E-state index contributed by atoms with van der Waals surface area (Å²) in [6, 6.07) is 26.7. The Kier molecular flexibility index (Phi) is 11.1. The van der Waals surface area contributed by atoms with Crippen LogP contribution in [0.1, 0.15) is 48.4 Å². The standard InChI is InChI=1S/C34H40O8SSi/c1-23(35)38-28-27(22-43-26-20-14-9-15-21-26)39-33(42-44(5,6)34(2,3)4)30(41-32(37)25-18-12-8-13-19-25)29(28)40-31(36)24-16-10-7-11-17-24/h7-21,27-30,33H,22H2,1-6H3/t27-,28-,29+,30-,33+/m1/s1. The zero-order chi connectivity index (χ0) is 31.9. The molecule has 1 aliphatic heterocycles. The van der Waals surface area contributed by atoms with Crippen molar-refractivity contribution in [2.24, 2.45) is 0 Å². The quantitative estimate of drug-likeness (QED) is 0.102. The topological polar surface area (TPSA) is 97.4 Å². The molecule has 0 N–H and O–H groups in total. The molecule has 5 atom stereocenters. The molecule has 0 aliphatic carbocycles. The third-order valence-corrected chi connectivity index (χ3v) is 13.3. The number of esters is 3. The van der Waals surface area contributed by atoms with Crippen molar-refractivity contribution in [2.45, 2.75) is 81.4 Å². The number of hydrogen-bond donors (Lipinski definition) is 0. The Labute approximate surface area is 264 Å². The Morgan fingerprint density at radius 3 is 1.68 bits per heavy atom. The molecule has 8 nitrogen and oxygen atoms in total. The highest BCUT2D eigenvalue weighted by molar-refractivity contribution is 7.99. The van der Waals surface area contributed by atoms with E-state index in [9.17, 15) is 14.4 Å². The molecular weight excluding hydrogens is 597 g/mol. The Bertz CT molecular complexity index is 1400. The minimum Gasteiger partial charge on any atom is -0.456 e. The fourth-order valence-corrected chi connectivity index (χ4v) is 6.49. The zero-order valence-corrected chi connectivity index (χ0v) is 27.7. The summed E-state index contributed by atoms with van der Waals surface area (Å²) in [6.07, 6.45) is -5.44. The van der Waals surface area contributed by atoms with Crippen molar-refractivity contribution in [1.29, 1.82) is 0 Å². The molecule has 0 radical (unpaired) electrons. The molecule has 3 aromatic carbocycles. The van der Waals surface area contributed by atoms with Gasteiger partial charge in [-0.05, 0) is 54.5 Å². The Morgan fingerprint density at radius 1 is 0.727 bits per heavy atom. The van der Waals surface area contributed by atoms with Crippen LogP contribution in [-0.2, 0) is 28.2 Å². The molecule has 0 saturated carbocycles. The lowest BCUT2D eigenvalue weighted by atomic mass is 9.98. The van der Waals surface area contributed by atoms with Gasteiger partial charge in [0.2, 0.25) is 0 Å². The van der Waals surface area contributed by atoms with Crippen LogP contribution in [0.4, 0.5) is 0 Å². The second-order valence-corrected chi connectivity index (χ2v) is 17.9. The van der Waals surface area contributed by atoms with Crippen molar-refractivity contribution in [3.05, 3.63) is 102 Å². The molecule has 0 bridgehead atoms. The van der Waals surface area contributed by atoms with E-state index in [2.05, 4.69) is 33.9 Å². The molecule has 0 aromatic heterocycles. The fourth-order valence-electron chi connectivity index (χ4n) is 4.39. The highest BCUT2D eigenvalue weighted by Crippen LogP contribution is 2.41. The van der Waals surface area contributed by atoms with Crippen molar-refractivity contribution in [1.82, 2.24) is 0 Å². The van der Waals surface area contributed by atoms with Crippen molar-refractivity contribution in [3.63, 3.8) is 0 Å². The van der Waals surface area contributed by atoms with Gasteiger partial charge in [-0.3, -0.25) is 4.79 Å². The van der Waals surface area contributed by atoms with Gasteiger partial charge in [0, 0.05) is 17.6 Å². The van der Waals surface area contributed by atoms with Crippen molar-refractivity contribution >= 4 is 38.0 Å². The first-order valence-electron chi connectivity index (χ1n) is 14.6. The minimum absolute atomic E-state index is 0.221. The summed E-state index contributed by atoms with van der Waals surface area (Å²) in [5, 5.41) is -0.221. The molecule has 44 heavy (non-hydrogen) atoms. The van der Waals surface area contributed by atoms with E-state index in [1.165, 1.54) is 18.7 Å². The van der Waals surface area contributed by atoms with Crippen LogP contribution >= 0.6 is 11.8 Å². The average molecular weight is 637 g/mol. The Morgan fingerprint density at radius 2 is 1.20 bits per heavy atom. The van der Waals surface area contributed by atoms with E-state index in [0.717, 1.165) is 4.90 Å². The maximum atomic E-state index is 13.5. The smallest absolute Gasteiger partial charge is 0.338 e. The van der Waals surface area contributed by atoms with Gasteiger partial charge in [-0.2, -0.15) is 0 Å². The molecule has 1 fully saturated rings. The van der Waals surface area contributed by atoms with Crippen LogP contribution in [-0.4, -0.2) is 62.7 Å². The van der Waals surface area contributed by atoms with Crippen molar-refractivity contribution < 1.29 is 37.8 Å². The van der Waals surface area contributed by atoms with Gasteiger partial charge >= 0.3 is 17.9 Å². The molecule has 10 heteroatoms.